The fraction of sp³-hybridized carbons (Fsp3) is 0.762. The zero-order valence-electron chi connectivity index (χ0n) is 18.2. The Kier molecular flexibility index (Phi) is 13.4. The van der Waals surface area contributed by atoms with E-state index in [-0.39, 0.29) is 24.0 Å². The minimum atomic E-state index is -0.705. The van der Waals surface area contributed by atoms with Gasteiger partial charge in [-0.05, 0) is 31.2 Å². The smallest absolute Gasteiger partial charge is 0.191 e. The van der Waals surface area contributed by atoms with E-state index in [0.29, 0.717) is 12.6 Å². The molecule has 1 unspecified atom stereocenters. The summed E-state index contributed by atoms with van der Waals surface area (Å²) in [5.74, 6) is 0.781. The first-order valence-electron chi connectivity index (χ1n) is 10.7. The fourth-order valence-corrected chi connectivity index (χ4v) is 4.62. The van der Waals surface area contributed by atoms with Gasteiger partial charge in [0.1, 0.15) is 0 Å². The third-order valence-electron chi connectivity index (χ3n) is 5.13. The summed E-state index contributed by atoms with van der Waals surface area (Å²) < 4.78 is 5.53. The minimum Gasteiger partial charge on any atom is -0.388 e. The molecule has 1 fully saturated rings. The second-order valence-electron chi connectivity index (χ2n) is 7.48. The summed E-state index contributed by atoms with van der Waals surface area (Å²) >= 11 is 1.80. The van der Waals surface area contributed by atoms with Gasteiger partial charge in [0.25, 0.3) is 0 Å². The molecule has 1 aromatic rings. The van der Waals surface area contributed by atoms with Crippen molar-refractivity contribution in [3.05, 3.63) is 22.4 Å². The van der Waals surface area contributed by atoms with Gasteiger partial charge in [0.2, 0.25) is 0 Å². The van der Waals surface area contributed by atoms with Crippen LogP contribution < -0.4 is 10.6 Å². The Hall–Kier alpha value is -0.420. The lowest BCUT2D eigenvalue weighted by molar-refractivity contribution is 0.0176. The summed E-state index contributed by atoms with van der Waals surface area (Å²) in [5, 5.41) is 19.9. The quantitative estimate of drug-likeness (QED) is 0.228. The number of aliphatic imine (C=N–C) groups is 1. The molecule has 8 heteroatoms. The average molecular weight is 539 g/mol. The van der Waals surface area contributed by atoms with Crippen LogP contribution in [0.3, 0.4) is 0 Å². The Morgan fingerprint density at radius 1 is 1.24 bits per heavy atom. The highest BCUT2D eigenvalue weighted by Gasteiger charge is 2.26. The van der Waals surface area contributed by atoms with Crippen LogP contribution in [0.25, 0.3) is 0 Å². The Morgan fingerprint density at radius 2 is 1.93 bits per heavy atom. The zero-order valence-corrected chi connectivity index (χ0v) is 21.3. The molecule has 0 radical (unpaired) electrons. The lowest BCUT2D eigenvalue weighted by atomic mass is 9.93. The van der Waals surface area contributed by atoms with E-state index >= 15 is 0 Å². The lowest BCUT2D eigenvalue weighted by Crippen LogP contribution is -2.46. The predicted molar refractivity (Wildman–Crippen MR) is 134 cm³/mol. The molecule has 0 amide bonds. The number of ether oxygens (including phenoxy) is 1. The van der Waals surface area contributed by atoms with Crippen LogP contribution >= 0.6 is 35.3 Å². The zero-order chi connectivity index (χ0) is 20.2. The average Bonchev–Trinajstić information content (AvgIpc) is 3.22. The number of hydrogen-bond acceptors (Lipinski definition) is 5. The van der Waals surface area contributed by atoms with E-state index < -0.39 is 5.60 Å². The number of hydrogen-bond donors (Lipinski definition) is 3. The number of aliphatic hydroxyl groups is 1. The monoisotopic (exact) mass is 538 g/mol. The fourth-order valence-electron chi connectivity index (χ4n) is 3.75. The molecule has 0 aromatic carbocycles. The third kappa shape index (κ3) is 9.08. The van der Waals surface area contributed by atoms with Crippen molar-refractivity contribution in [2.24, 2.45) is 4.99 Å². The van der Waals surface area contributed by atoms with Crippen molar-refractivity contribution in [3.63, 3.8) is 0 Å². The van der Waals surface area contributed by atoms with Crippen molar-refractivity contribution in [1.29, 1.82) is 0 Å². The van der Waals surface area contributed by atoms with Gasteiger partial charge < -0.3 is 20.5 Å². The van der Waals surface area contributed by atoms with E-state index in [9.17, 15) is 5.11 Å². The molecule has 0 saturated carbocycles. The molecule has 1 aliphatic rings. The van der Waals surface area contributed by atoms with Crippen LogP contribution in [-0.4, -0.2) is 67.5 Å². The summed E-state index contributed by atoms with van der Waals surface area (Å²) in [6.45, 7) is 11.8. The van der Waals surface area contributed by atoms with Gasteiger partial charge in [-0.2, -0.15) is 0 Å². The van der Waals surface area contributed by atoms with Gasteiger partial charge in [0.15, 0.2) is 5.96 Å². The maximum Gasteiger partial charge on any atom is 0.191 e. The highest BCUT2D eigenvalue weighted by molar-refractivity contribution is 14.0. The summed E-state index contributed by atoms with van der Waals surface area (Å²) in [7, 11) is 0. The lowest BCUT2D eigenvalue weighted by Gasteiger charge is -2.34. The van der Waals surface area contributed by atoms with Crippen LogP contribution in [0, 0.1) is 0 Å². The van der Waals surface area contributed by atoms with Crippen LogP contribution in [0.5, 0.6) is 0 Å². The Morgan fingerprint density at radius 3 is 2.48 bits per heavy atom. The Bertz CT molecular complexity index is 559. The van der Waals surface area contributed by atoms with Crippen molar-refractivity contribution in [3.8, 4) is 0 Å². The molecule has 1 saturated heterocycles. The number of halogens is 1. The normalized spacial score (nSPS) is 16.9. The van der Waals surface area contributed by atoms with Gasteiger partial charge in [0, 0.05) is 31.1 Å². The molecule has 6 nitrogen and oxygen atoms in total. The van der Waals surface area contributed by atoms with Crippen LogP contribution in [0.15, 0.2) is 22.5 Å². The highest BCUT2D eigenvalue weighted by atomic mass is 127. The molecule has 0 aliphatic carbocycles. The first-order chi connectivity index (χ1) is 13.6. The second-order valence-corrected chi connectivity index (χ2v) is 8.46. The molecule has 1 aromatic heterocycles. The van der Waals surface area contributed by atoms with Crippen molar-refractivity contribution in [2.75, 3.05) is 45.9 Å². The van der Waals surface area contributed by atoms with E-state index in [1.807, 2.05) is 0 Å². The molecular weight excluding hydrogens is 499 g/mol. The summed E-state index contributed by atoms with van der Waals surface area (Å²) in [6, 6.07) is 4.62. The van der Waals surface area contributed by atoms with Crippen LogP contribution in [-0.2, 0) is 4.74 Å². The van der Waals surface area contributed by atoms with Gasteiger partial charge >= 0.3 is 0 Å². The molecule has 0 spiro atoms. The largest absolute Gasteiger partial charge is 0.388 e. The van der Waals surface area contributed by atoms with Crippen molar-refractivity contribution >= 4 is 41.3 Å². The van der Waals surface area contributed by atoms with E-state index in [4.69, 9.17) is 9.73 Å². The number of guanidine groups is 1. The first-order valence-corrected chi connectivity index (χ1v) is 11.6. The third-order valence-corrected chi connectivity index (χ3v) is 6.10. The second kappa shape index (κ2) is 14.6. The molecule has 2 heterocycles. The minimum absolute atomic E-state index is 0. The molecule has 3 N–H and O–H groups in total. The summed E-state index contributed by atoms with van der Waals surface area (Å²) in [5.41, 5.74) is -0.705. The number of nitrogens with zero attached hydrogens (tertiary/aromatic N) is 2. The molecular formula is C21H39IN4O2S. The van der Waals surface area contributed by atoms with Crippen LogP contribution in [0.2, 0.25) is 0 Å². The number of nitrogens with one attached hydrogen (secondary N) is 2. The molecule has 29 heavy (non-hydrogen) atoms. The van der Waals surface area contributed by atoms with Crippen LogP contribution in [0.1, 0.15) is 57.4 Å². The van der Waals surface area contributed by atoms with Gasteiger partial charge in [-0.3, -0.25) is 9.89 Å². The maximum atomic E-state index is 10.9. The van der Waals surface area contributed by atoms with E-state index in [0.717, 1.165) is 71.0 Å². The van der Waals surface area contributed by atoms with Gasteiger partial charge in [-0.15, -0.1) is 35.3 Å². The van der Waals surface area contributed by atoms with Gasteiger partial charge in [0.05, 0.1) is 31.4 Å². The van der Waals surface area contributed by atoms with Gasteiger partial charge in [-0.25, -0.2) is 0 Å². The number of rotatable bonds is 11. The number of morpholine rings is 1. The van der Waals surface area contributed by atoms with Gasteiger partial charge in [-0.1, -0.05) is 32.8 Å². The van der Waals surface area contributed by atoms with Crippen molar-refractivity contribution in [2.45, 2.75) is 58.1 Å². The highest BCUT2D eigenvalue weighted by Crippen LogP contribution is 2.25. The Balaban J connectivity index is 0.00000420. The predicted octanol–water partition coefficient (Wildman–Crippen LogP) is 3.63. The standard InChI is InChI=1S/C21H38N4O2S.HI/c1-4-9-21(26,10-5-2)17-24-20(22-6-3)23-16-18(19-8-7-15-28-19)25-11-13-27-14-12-25;/h7-8,15,18,26H,4-6,9-14,16-17H2,1-3H3,(H2,22,23,24);1H. The summed E-state index contributed by atoms with van der Waals surface area (Å²) in [6.07, 6.45) is 3.51. The van der Waals surface area contributed by atoms with E-state index in [2.05, 4.69) is 53.8 Å². The first kappa shape index (κ1) is 26.6. The maximum absolute atomic E-state index is 10.9. The van der Waals surface area contributed by atoms with Crippen LogP contribution in [0.4, 0.5) is 0 Å². The molecule has 0 bridgehead atoms. The Labute approximate surface area is 197 Å². The van der Waals surface area contributed by atoms with Crippen molar-refractivity contribution < 1.29 is 9.84 Å². The molecule has 1 atom stereocenters. The molecule has 1 aliphatic heterocycles. The topological polar surface area (TPSA) is 69.1 Å². The van der Waals surface area contributed by atoms with E-state index in [1.54, 1.807) is 11.3 Å². The SMILES string of the molecule is CCCC(O)(CCC)CN=C(NCC)NCC(c1cccs1)N1CCOCC1.I. The van der Waals surface area contributed by atoms with Crippen molar-refractivity contribution in [1.82, 2.24) is 15.5 Å². The van der Waals surface area contributed by atoms with E-state index in [1.165, 1.54) is 4.88 Å². The number of thiophene rings is 1. The summed E-state index contributed by atoms with van der Waals surface area (Å²) in [4.78, 5) is 8.57. The molecule has 2 rings (SSSR count). The molecule has 168 valence electrons.